The Hall–Kier alpha value is -2.95. The molecule has 0 radical (unpaired) electrons. The molecule has 0 bridgehead atoms. The molecule has 2 aliphatic heterocycles. The number of likely N-dealkylation sites (tertiary alicyclic amines) is 2. The van der Waals surface area contributed by atoms with Gasteiger partial charge in [-0.15, -0.1) is 11.6 Å². The summed E-state index contributed by atoms with van der Waals surface area (Å²) < 4.78 is 5.57. The van der Waals surface area contributed by atoms with E-state index >= 15 is 0 Å². The van der Waals surface area contributed by atoms with Gasteiger partial charge in [-0.3, -0.25) is 25.1 Å². The van der Waals surface area contributed by atoms with E-state index in [4.69, 9.17) is 21.4 Å². The number of alkyl halides is 1. The molecular formula is C26H37ClN4O6. The number of aromatic hydroxyl groups is 1. The third kappa shape index (κ3) is 10.9. The predicted octanol–water partition coefficient (Wildman–Crippen LogP) is 5.31. The van der Waals surface area contributed by atoms with E-state index < -0.39 is 4.92 Å². The molecule has 2 fully saturated rings. The number of phenolic OH excluding ortho intramolecular Hbond substituents is 1. The largest absolute Gasteiger partial charge is 0.508 e. The zero-order valence-corrected chi connectivity index (χ0v) is 22.4. The minimum atomic E-state index is -0.519. The summed E-state index contributed by atoms with van der Waals surface area (Å²) >= 11 is 5.54. The molecule has 0 atom stereocenters. The number of hydrogen-bond acceptors (Lipinski definition) is 8. The first-order valence-corrected chi connectivity index (χ1v) is 13.1. The van der Waals surface area contributed by atoms with Crippen molar-refractivity contribution in [3.05, 3.63) is 67.8 Å². The maximum atomic E-state index is 10.8. The molecule has 0 unspecified atom stereocenters. The first-order chi connectivity index (χ1) is 17.7. The monoisotopic (exact) mass is 536 g/mol. The van der Waals surface area contributed by atoms with Crippen molar-refractivity contribution in [2.24, 2.45) is 0 Å². The molecule has 2 aromatic rings. The SMILES string of the molecule is Cc1ccc(O)cc1[N+](=O)[O-].Cc1ccc(OCCN2CCCC2)cc1[N+](=O)[O-].ClCCN1CCCC1. The third-order valence-corrected chi connectivity index (χ3v) is 6.41. The lowest BCUT2D eigenvalue weighted by Gasteiger charge is -2.14. The van der Waals surface area contributed by atoms with E-state index in [1.807, 2.05) is 0 Å². The zero-order chi connectivity index (χ0) is 27.2. The Kier molecular flexibility index (Phi) is 13.1. The number of ether oxygens (including phenoxy) is 1. The summed E-state index contributed by atoms with van der Waals surface area (Å²) in [6.07, 6.45) is 5.26. The fourth-order valence-electron chi connectivity index (χ4n) is 4.09. The molecule has 2 aromatic carbocycles. The number of rotatable bonds is 8. The molecule has 0 saturated carbocycles. The molecule has 204 valence electrons. The van der Waals surface area contributed by atoms with Crippen LogP contribution in [0.2, 0.25) is 0 Å². The molecular weight excluding hydrogens is 500 g/mol. The van der Waals surface area contributed by atoms with Crippen molar-refractivity contribution in [3.8, 4) is 11.5 Å². The van der Waals surface area contributed by atoms with Gasteiger partial charge in [-0.05, 0) is 90.0 Å². The molecule has 10 nitrogen and oxygen atoms in total. The van der Waals surface area contributed by atoms with Gasteiger partial charge in [-0.1, -0.05) is 0 Å². The topological polar surface area (TPSA) is 122 Å². The minimum absolute atomic E-state index is 0.0509. The van der Waals surface area contributed by atoms with Crippen LogP contribution in [-0.2, 0) is 0 Å². The van der Waals surface area contributed by atoms with E-state index in [9.17, 15) is 20.2 Å². The molecule has 0 aromatic heterocycles. The van der Waals surface area contributed by atoms with E-state index in [1.165, 1.54) is 57.0 Å². The Morgan fingerprint density at radius 2 is 1.32 bits per heavy atom. The lowest BCUT2D eigenvalue weighted by molar-refractivity contribution is -0.385. The van der Waals surface area contributed by atoms with Gasteiger partial charge in [-0.25, -0.2) is 0 Å². The number of aryl methyl sites for hydroxylation is 2. The Morgan fingerprint density at radius 3 is 1.81 bits per heavy atom. The van der Waals surface area contributed by atoms with Gasteiger partial charge < -0.3 is 14.7 Å². The van der Waals surface area contributed by atoms with Crippen molar-refractivity contribution in [1.29, 1.82) is 0 Å². The van der Waals surface area contributed by atoms with Crippen molar-refractivity contribution in [2.75, 3.05) is 51.8 Å². The van der Waals surface area contributed by atoms with Crippen LogP contribution in [0.4, 0.5) is 11.4 Å². The Labute approximate surface area is 223 Å². The van der Waals surface area contributed by atoms with Gasteiger partial charge in [0.05, 0.1) is 22.0 Å². The van der Waals surface area contributed by atoms with Crippen molar-refractivity contribution >= 4 is 23.0 Å². The molecule has 2 saturated heterocycles. The quantitative estimate of drug-likeness (QED) is 0.273. The number of halogens is 1. The second-order valence-electron chi connectivity index (χ2n) is 9.07. The van der Waals surface area contributed by atoms with Crippen LogP contribution in [0.15, 0.2) is 36.4 Å². The highest BCUT2D eigenvalue weighted by molar-refractivity contribution is 6.18. The lowest BCUT2D eigenvalue weighted by Crippen LogP contribution is -2.25. The van der Waals surface area contributed by atoms with Gasteiger partial charge in [0.2, 0.25) is 0 Å². The van der Waals surface area contributed by atoms with E-state index in [0.717, 1.165) is 38.1 Å². The molecule has 11 heteroatoms. The summed E-state index contributed by atoms with van der Waals surface area (Å²) in [5.41, 5.74) is 1.28. The second kappa shape index (κ2) is 16.0. The maximum Gasteiger partial charge on any atom is 0.276 e. The van der Waals surface area contributed by atoms with Gasteiger partial charge in [-0.2, -0.15) is 0 Å². The molecule has 2 aliphatic rings. The summed E-state index contributed by atoms with van der Waals surface area (Å²) in [5.74, 6) is 1.29. The maximum absolute atomic E-state index is 10.8. The summed E-state index contributed by atoms with van der Waals surface area (Å²) in [7, 11) is 0. The molecule has 0 aliphatic carbocycles. The van der Waals surface area contributed by atoms with E-state index in [2.05, 4.69) is 9.80 Å². The summed E-state index contributed by atoms with van der Waals surface area (Å²) in [5, 5.41) is 29.9. The van der Waals surface area contributed by atoms with Crippen molar-refractivity contribution < 1.29 is 19.7 Å². The van der Waals surface area contributed by atoms with E-state index in [0.29, 0.717) is 23.5 Å². The first kappa shape index (κ1) is 30.3. The molecule has 4 rings (SSSR count). The fraction of sp³-hybridized carbons (Fsp3) is 0.538. The highest BCUT2D eigenvalue weighted by Gasteiger charge is 2.14. The van der Waals surface area contributed by atoms with Crippen LogP contribution in [0.5, 0.6) is 11.5 Å². The first-order valence-electron chi connectivity index (χ1n) is 12.5. The third-order valence-electron chi connectivity index (χ3n) is 6.24. The Morgan fingerprint density at radius 1 is 0.838 bits per heavy atom. The smallest absolute Gasteiger partial charge is 0.276 e. The highest BCUT2D eigenvalue weighted by atomic mass is 35.5. The Balaban J connectivity index is 0.000000215. The van der Waals surface area contributed by atoms with Crippen LogP contribution in [0.1, 0.15) is 36.8 Å². The molecule has 37 heavy (non-hydrogen) atoms. The number of benzene rings is 2. The lowest BCUT2D eigenvalue weighted by atomic mass is 10.2. The van der Waals surface area contributed by atoms with Crippen molar-refractivity contribution in [2.45, 2.75) is 39.5 Å². The number of hydrogen-bond donors (Lipinski definition) is 1. The summed E-state index contributed by atoms with van der Waals surface area (Å²) in [6.45, 7) is 10.7. The molecule has 1 N–H and O–H groups in total. The second-order valence-corrected chi connectivity index (χ2v) is 9.45. The normalized spacial score (nSPS) is 15.3. The average molecular weight is 537 g/mol. The van der Waals surface area contributed by atoms with Crippen LogP contribution < -0.4 is 4.74 Å². The van der Waals surface area contributed by atoms with Crippen LogP contribution in [-0.4, -0.2) is 76.5 Å². The van der Waals surface area contributed by atoms with E-state index in [1.54, 1.807) is 26.0 Å². The van der Waals surface area contributed by atoms with Gasteiger partial charge in [0, 0.05) is 30.1 Å². The van der Waals surface area contributed by atoms with Gasteiger partial charge in [0.25, 0.3) is 11.4 Å². The molecule has 2 heterocycles. The predicted molar refractivity (Wildman–Crippen MR) is 145 cm³/mol. The average Bonchev–Trinajstić information content (AvgIpc) is 3.57. The van der Waals surface area contributed by atoms with Crippen molar-refractivity contribution in [1.82, 2.24) is 9.80 Å². The Bertz CT molecular complexity index is 1010. The number of nitro benzene ring substituents is 2. The van der Waals surface area contributed by atoms with Gasteiger partial charge >= 0.3 is 0 Å². The molecule has 0 spiro atoms. The van der Waals surface area contributed by atoms with E-state index in [-0.39, 0.29) is 22.0 Å². The standard InChI is InChI=1S/C13H18N2O3.C7H7NO3.C6H12ClN/c1-11-4-5-12(10-13(11)15(16)17)18-9-8-14-6-2-3-7-14;1-5-2-3-6(9)4-7(5)8(10)11;7-3-6-8-4-1-2-5-8/h4-5,10H,2-3,6-9H2,1H3;2-4,9H,1H3;1-6H2. The van der Waals surface area contributed by atoms with Gasteiger partial charge in [0.15, 0.2) is 0 Å². The van der Waals surface area contributed by atoms with Crippen LogP contribution in [0.25, 0.3) is 0 Å². The number of nitro groups is 2. The van der Waals surface area contributed by atoms with Gasteiger partial charge in [0.1, 0.15) is 18.1 Å². The number of nitrogens with zero attached hydrogens (tertiary/aromatic N) is 4. The van der Waals surface area contributed by atoms with Crippen LogP contribution in [0.3, 0.4) is 0 Å². The van der Waals surface area contributed by atoms with Crippen LogP contribution >= 0.6 is 11.6 Å². The molecule has 0 amide bonds. The fourth-order valence-corrected chi connectivity index (χ4v) is 4.33. The van der Waals surface area contributed by atoms with Crippen molar-refractivity contribution in [3.63, 3.8) is 0 Å². The van der Waals surface area contributed by atoms with Crippen LogP contribution in [0, 0.1) is 34.1 Å². The highest BCUT2D eigenvalue weighted by Crippen LogP contribution is 2.24. The minimum Gasteiger partial charge on any atom is -0.508 e. The summed E-state index contributed by atoms with van der Waals surface area (Å²) in [6, 6.07) is 9.07. The zero-order valence-electron chi connectivity index (χ0n) is 21.6. The number of phenols is 1. The summed E-state index contributed by atoms with van der Waals surface area (Å²) in [4.78, 5) is 24.9.